The summed E-state index contributed by atoms with van der Waals surface area (Å²) in [6, 6.07) is 67.2. The minimum absolute atomic E-state index is 0.119. The molecule has 0 aromatic heterocycles. The molecule has 0 fully saturated rings. The zero-order valence-electron chi connectivity index (χ0n) is 30.8. The van der Waals surface area contributed by atoms with E-state index in [1.165, 1.54) is 137 Å². The van der Waals surface area contributed by atoms with Crippen molar-refractivity contribution in [3.8, 4) is 22.3 Å². The normalized spacial score (nSPS) is 13.9. The van der Waals surface area contributed by atoms with Gasteiger partial charge in [0.15, 0.2) is 0 Å². The monoisotopic (exact) mass is 713 g/mol. The molecule has 0 aliphatic carbocycles. The van der Waals surface area contributed by atoms with Crippen molar-refractivity contribution in [2.45, 2.75) is 0 Å². The van der Waals surface area contributed by atoms with Crippen LogP contribution in [0.25, 0.3) is 86.9 Å². The Morgan fingerprint density at radius 3 is 1.49 bits per heavy atom. The maximum atomic E-state index is 2.69. The molecule has 0 radical (unpaired) electrons. The van der Waals surface area contributed by atoms with Crippen LogP contribution in [0.15, 0.2) is 176 Å². The van der Waals surface area contributed by atoms with Crippen molar-refractivity contribution in [3.05, 3.63) is 176 Å². The highest BCUT2D eigenvalue weighted by atomic mass is 15.2. The predicted octanol–water partition coefficient (Wildman–Crippen LogP) is 9.70. The summed E-state index contributed by atoms with van der Waals surface area (Å²) >= 11 is 0. The first kappa shape index (κ1) is 29.2. The molecule has 0 spiro atoms. The van der Waals surface area contributed by atoms with Crippen molar-refractivity contribution >= 4 is 128 Å². The van der Waals surface area contributed by atoms with Gasteiger partial charge in [-0.2, -0.15) is 0 Å². The number of anilines is 3. The van der Waals surface area contributed by atoms with Gasteiger partial charge in [-0.15, -0.1) is 0 Å². The lowest BCUT2D eigenvalue weighted by atomic mass is 9.32. The minimum atomic E-state index is 0.119. The van der Waals surface area contributed by atoms with Crippen LogP contribution in [0.4, 0.5) is 17.1 Å². The van der Waals surface area contributed by atoms with Gasteiger partial charge >= 0.3 is 0 Å². The summed E-state index contributed by atoms with van der Waals surface area (Å²) in [5, 5.41) is 16.1. The Bertz CT molecular complexity index is 3700. The summed E-state index contributed by atoms with van der Waals surface area (Å²) in [5.41, 5.74) is 18.1. The zero-order chi connectivity index (χ0) is 36.7. The molecule has 4 heterocycles. The van der Waals surface area contributed by atoms with Gasteiger partial charge in [0.05, 0.1) is 0 Å². The molecule has 0 saturated carbocycles. The Balaban J connectivity index is 1.12. The number of nitrogens with zero attached hydrogens (tertiary/aromatic N) is 1. The molecule has 0 bridgehead atoms. The van der Waals surface area contributed by atoms with E-state index in [-0.39, 0.29) is 13.4 Å². The van der Waals surface area contributed by atoms with E-state index < -0.39 is 0 Å². The van der Waals surface area contributed by atoms with Crippen molar-refractivity contribution < 1.29 is 0 Å². The second kappa shape index (κ2) is 10.0. The van der Waals surface area contributed by atoms with E-state index in [0.29, 0.717) is 0 Å². The highest BCUT2D eigenvalue weighted by Crippen LogP contribution is 2.49. The number of para-hydroxylation sites is 1. The first-order valence-electron chi connectivity index (χ1n) is 20.3. The fourth-order valence-corrected chi connectivity index (χ4v) is 12.3. The van der Waals surface area contributed by atoms with Gasteiger partial charge in [0.1, 0.15) is 0 Å². The molecule has 0 saturated heterocycles. The van der Waals surface area contributed by atoms with Crippen molar-refractivity contribution in [2.75, 3.05) is 4.90 Å². The van der Waals surface area contributed by atoms with Crippen molar-refractivity contribution in [2.24, 2.45) is 0 Å². The van der Waals surface area contributed by atoms with Crippen LogP contribution in [-0.2, 0) is 0 Å². The number of rotatable bonds is 0. The molecule has 0 unspecified atom stereocenters. The average molecular weight is 713 g/mol. The fourth-order valence-electron chi connectivity index (χ4n) is 12.3. The molecule has 0 N–H and O–H groups in total. The third-order valence-corrected chi connectivity index (χ3v) is 14.2. The smallest absolute Gasteiger partial charge is 0.249 e. The molecule has 256 valence electrons. The Morgan fingerprint density at radius 2 is 0.789 bits per heavy atom. The highest BCUT2D eigenvalue weighted by molar-refractivity contribution is 7.06. The number of fused-ring (bicyclic) bond motifs is 24. The molecular weight excluding hydrogens is 684 g/mol. The number of benzene rings is 11. The van der Waals surface area contributed by atoms with Gasteiger partial charge in [-0.1, -0.05) is 175 Å². The average Bonchev–Trinajstić information content (AvgIpc) is 3.81. The molecule has 11 aromatic rings. The van der Waals surface area contributed by atoms with Crippen LogP contribution in [0.2, 0.25) is 0 Å². The van der Waals surface area contributed by atoms with Crippen molar-refractivity contribution in [3.63, 3.8) is 0 Å². The van der Waals surface area contributed by atoms with Crippen LogP contribution in [-0.4, -0.2) is 13.4 Å². The van der Waals surface area contributed by atoms with Crippen LogP contribution < -0.4 is 37.7 Å². The van der Waals surface area contributed by atoms with E-state index in [4.69, 9.17) is 0 Å². The highest BCUT2D eigenvalue weighted by Gasteiger charge is 2.50. The summed E-state index contributed by atoms with van der Waals surface area (Å²) in [6.07, 6.45) is 0. The third kappa shape index (κ3) is 3.29. The van der Waals surface area contributed by atoms with E-state index >= 15 is 0 Å². The first-order chi connectivity index (χ1) is 28.3. The molecule has 11 aromatic carbocycles. The molecular formula is C54H29B2N. The standard InChI is InChI=1S/C54H29B2N/c1-3-17-34-30(13-1)33-16-6-8-20-37(33)49-38(34)27-28-40-39-22-11-26-46-51(39)56(52(40)49)45-25-12-24-44-54(45)57(46)47-29-42-35-18-4-2-14-31(35)32-15-5-7-19-36(32)48(42)50-41-21-9-10-23-43(41)55(44)53(47)50/h1-29H. The van der Waals surface area contributed by atoms with Gasteiger partial charge in [0, 0.05) is 17.1 Å². The Morgan fingerprint density at radius 1 is 0.298 bits per heavy atom. The molecule has 0 amide bonds. The summed E-state index contributed by atoms with van der Waals surface area (Å²) < 4.78 is 0. The maximum Gasteiger partial charge on any atom is 0.249 e. The summed E-state index contributed by atoms with van der Waals surface area (Å²) in [7, 11) is 0. The summed E-state index contributed by atoms with van der Waals surface area (Å²) in [5.74, 6) is 0. The van der Waals surface area contributed by atoms with Crippen LogP contribution in [0.1, 0.15) is 0 Å². The summed E-state index contributed by atoms with van der Waals surface area (Å²) in [4.78, 5) is 2.69. The van der Waals surface area contributed by atoms with E-state index in [1.54, 1.807) is 0 Å². The first-order valence-corrected chi connectivity index (χ1v) is 20.3. The maximum absolute atomic E-state index is 2.69. The van der Waals surface area contributed by atoms with Gasteiger partial charge in [0.2, 0.25) is 13.4 Å². The quantitative estimate of drug-likeness (QED) is 0.112. The van der Waals surface area contributed by atoms with Crippen LogP contribution in [0.5, 0.6) is 0 Å². The summed E-state index contributed by atoms with van der Waals surface area (Å²) in [6.45, 7) is 0.267. The molecule has 57 heavy (non-hydrogen) atoms. The molecule has 1 nitrogen and oxygen atoms in total. The lowest BCUT2D eigenvalue weighted by molar-refractivity contribution is 1.31. The van der Waals surface area contributed by atoms with Crippen LogP contribution in [0.3, 0.4) is 0 Å². The van der Waals surface area contributed by atoms with E-state index in [1.807, 2.05) is 0 Å². The second-order valence-corrected chi connectivity index (χ2v) is 16.6. The molecule has 4 aliphatic rings. The lowest BCUT2D eigenvalue weighted by Crippen LogP contribution is -2.63. The molecule has 4 aliphatic heterocycles. The minimum Gasteiger partial charge on any atom is -0.312 e. The van der Waals surface area contributed by atoms with E-state index in [2.05, 4.69) is 181 Å². The molecule has 0 atom stereocenters. The topological polar surface area (TPSA) is 3.24 Å². The second-order valence-electron chi connectivity index (χ2n) is 16.6. The Hall–Kier alpha value is -7.09. The van der Waals surface area contributed by atoms with Gasteiger partial charge in [-0.3, -0.25) is 0 Å². The predicted molar refractivity (Wildman–Crippen MR) is 246 cm³/mol. The van der Waals surface area contributed by atoms with Crippen molar-refractivity contribution in [1.82, 2.24) is 0 Å². The largest absolute Gasteiger partial charge is 0.312 e. The Labute approximate surface area is 329 Å². The zero-order valence-corrected chi connectivity index (χ0v) is 30.8. The molecule has 3 heteroatoms. The SMILES string of the molecule is c1ccc2c(c1)B1c3cccc4c3N(c3cccc5c3B4c3c-5ccc4c5ccccc5c5ccccc5c34)c3cc4c5ccccc5c5ccccc5c4c-2c31. The van der Waals surface area contributed by atoms with Crippen molar-refractivity contribution in [1.29, 1.82) is 0 Å². The van der Waals surface area contributed by atoms with Gasteiger partial charge in [-0.25, -0.2) is 0 Å². The van der Waals surface area contributed by atoms with E-state index in [0.717, 1.165) is 0 Å². The van der Waals surface area contributed by atoms with Crippen LogP contribution in [0, 0.1) is 0 Å². The molecule has 15 rings (SSSR count). The lowest BCUT2D eigenvalue weighted by Gasteiger charge is -2.43. The number of hydrogen-bond acceptors (Lipinski definition) is 1. The van der Waals surface area contributed by atoms with E-state index in [9.17, 15) is 0 Å². The third-order valence-electron chi connectivity index (χ3n) is 14.2. The van der Waals surface area contributed by atoms with Gasteiger partial charge in [0.25, 0.3) is 0 Å². The Kier molecular flexibility index (Phi) is 5.13. The number of hydrogen-bond donors (Lipinski definition) is 0. The van der Waals surface area contributed by atoms with Gasteiger partial charge in [-0.05, 0) is 121 Å². The fraction of sp³-hybridized carbons (Fsp3) is 0. The van der Waals surface area contributed by atoms with Gasteiger partial charge < -0.3 is 4.90 Å². The van der Waals surface area contributed by atoms with Crippen LogP contribution >= 0.6 is 0 Å².